The molecule has 4 bridgehead atoms. The first-order valence-electron chi connectivity index (χ1n) is 10.2. The van der Waals surface area contributed by atoms with Crippen molar-refractivity contribution in [3.8, 4) is 0 Å². The van der Waals surface area contributed by atoms with E-state index in [1.165, 1.54) is 13.8 Å². The molecule has 29 heavy (non-hydrogen) atoms. The number of carbonyl (C=O) groups excluding carboxylic acids is 1. The average molecular weight is 421 g/mol. The first-order valence-corrected chi connectivity index (χ1v) is 11.6. The van der Waals surface area contributed by atoms with Crippen molar-refractivity contribution in [1.29, 1.82) is 0 Å². The lowest BCUT2D eigenvalue weighted by molar-refractivity contribution is -0.167. The summed E-state index contributed by atoms with van der Waals surface area (Å²) < 4.78 is 26.6. The number of benzene rings is 1. The number of carboxylic acid groups (broad SMARTS) is 1. The van der Waals surface area contributed by atoms with E-state index in [0.29, 0.717) is 24.4 Å². The second kappa shape index (κ2) is 6.72. The lowest BCUT2D eigenvalue weighted by Gasteiger charge is -2.58. The first-order chi connectivity index (χ1) is 13.5. The zero-order valence-electron chi connectivity index (χ0n) is 16.7. The molecule has 4 aliphatic carbocycles. The molecule has 158 valence electrons. The fourth-order valence-electron chi connectivity index (χ4n) is 5.76. The molecule has 2 atom stereocenters. The lowest BCUT2D eigenvalue weighted by atomic mass is 9.48. The standard InChI is InChI=1S/C21H28N2O5S/c1-20(2,29(27,28)23-16-6-4-3-5-7-16)18(24)22-17-14-8-13-9-15(17)12-21(10-13,11-14)19(25)26/h3-7,13-15,17,23H,8-12H2,1-2H3,(H,22,24)(H,25,26). The Bertz CT molecular complexity index is 912. The van der Waals surface area contributed by atoms with Gasteiger partial charge in [0.25, 0.3) is 0 Å². The molecule has 0 aromatic heterocycles. The summed E-state index contributed by atoms with van der Waals surface area (Å²) in [6.07, 6.45) is 3.68. The number of hydrogen-bond acceptors (Lipinski definition) is 4. The molecule has 8 heteroatoms. The molecule has 1 aromatic carbocycles. The molecule has 4 fully saturated rings. The number of nitrogens with one attached hydrogen (secondary N) is 2. The minimum absolute atomic E-state index is 0.0990. The summed E-state index contributed by atoms with van der Waals surface area (Å²) >= 11 is 0. The van der Waals surface area contributed by atoms with Gasteiger partial charge in [-0.15, -0.1) is 0 Å². The molecule has 5 rings (SSSR count). The van der Waals surface area contributed by atoms with Crippen LogP contribution in [0.4, 0.5) is 5.69 Å². The Labute approximate surface area is 171 Å². The Morgan fingerprint density at radius 1 is 1.07 bits per heavy atom. The van der Waals surface area contributed by atoms with E-state index in [4.69, 9.17) is 0 Å². The van der Waals surface area contributed by atoms with Crippen LogP contribution in [0.1, 0.15) is 46.0 Å². The van der Waals surface area contributed by atoms with Gasteiger partial charge in [0.1, 0.15) is 0 Å². The normalized spacial score (nSPS) is 33.3. The maximum absolute atomic E-state index is 13.1. The molecule has 0 radical (unpaired) electrons. The molecule has 7 nitrogen and oxygen atoms in total. The van der Waals surface area contributed by atoms with E-state index in [9.17, 15) is 23.1 Å². The molecular formula is C21H28N2O5S. The first kappa shape index (κ1) is 20.2. The average Bonchev–Trinajstić information content (AvgIpc) is 2.64. The Hall–Kier alpha value is -2.09. The predicted octanol–water partition coefficient (Wildman–Crippen LogP) is 2.60. The predicted molar refractivity (Wildman–Crippen MR) is 109 cm³/mol. The van der Waals surface area contributed by atoms with Crippen molar-refractivity contribution in [2.45, 2.75) is 56.7 Å². The maximum Gasteiger partial charge on any atom is 0.309 e. The molecule has 0 spiro atoms. The number of rotatable bonds is 6. The van der Waals surface area contributed by atoms with E-state index in [1.807, 2.05) is 0 Å². The fourth-order valence-corrected chi connectivity index (χ4v) is 6.76. The number of hydrogen-bond donors (Lipinski definition) is 3. The van der Waals surface area contributed by atoms with Crippen molar-refractivity contribution < 1.29 is 23.1 Å². The monoisotopic (exact) mass is 420 g/mol. The molecule has 0 heterocycles. The van der Waals surface area contributed by atoms with Crippen LogP contribution in [0.3, 0.4) is 0 Å². The molecule has 4 aliphatic rings. The molecule has 1 aromatic rings. The lowest BCUT2D eigenvalue weighted by Crippen LogP contribution is -2.63. The van der Waals surface area contributed by atoms with Gasteiger partial charge in [0.05, 0.1) is 5.41 Å². The molecule has 2 unspecified atom stereocenters. The highest BCUT2D eigenvalue weighted by atomic mass is 32.2. The van der Waals surface area contributed by atoms with E-state index in [0.717, 1.165) is 19.3 Å². The van der Waals surface area contributed by atoms with E-state index in [2.05, 4.69) is 10.0 Å². The minimum atomic E-state index is -3.97. The van der Waals surface area contributed by atoms with Crippen LogP contribution in [0.5, 0.6) is 0 Å². The van der Waals surface area contributed by atoms with Gasteiger partial charge in [0, 0.05) is 11.7 Å². The second-order valence-electron chi connectivity index (χ2n) is 9.54. The smallest absolute Gasteiger partial charge is 0.309 e. The zero-order valence-corrected chi connectivity index (χ0v) is 17.5. The van der Waals surface area contributed by atoms with Crippen LogP contribution in [0.2, 0.25) is 0 Å². The third-order valence-corrected chi connectivity index (χ3v) is 9.30. The van der Waals surface area contributed by atoms with Crippen LogP contribution in [0.25, 0.3) is 0 Å². The van der Waals surface area contributed by atoms with Crippen molar-refractivity contribution in [3.05, 3.63) is 30.3 Å². The summed E-state index contributed by atoms with van der Waals surface area (Å²) in [5, 5.41) is 12.7. The fraction of sp³-hybridized carbons (Fsp3) is 0.619. The van der Waals surface area contributed by atoms with Gasteiger partial charge in [-0.2, -0.15) is 0 Å². The van der Waals surface area contributed by atoms with Gasteiger partial charge in [-0.1, -0.05) is 18.2 Å². The van der Waals surface area contributed by atoms with Gasteiger partial charge in [0.15, 0.2) is 4.75 Å². The largest absolute Gasteiger partial charge is 0.481 e. The van der Waals surface area contributed by atoms with Crippen molar-refractivity contribution in [2.24, 2.45) is 23.2 Å². The summed E-state index contributed by atoms with van der Waals surface area (Å²) in [4.78, 5) is 24.9. The van der Waals surface area contributed by atoms with Gasteiger partial charge in [0.2, 0.25) is 15.9 Å². The number of amides is 1. The van der Waals surface area contributed by atoms with Crippen molar-refractivity contribution in [1.82, 2.24) is 5.32 Å². The molecule has 1 amide bonds. The van der Waals surface area contributed by atoms with Gasteiger partial charge >= 0.3 is 5.97 Å². The molecule has 4 saturated carbocycles. The zero-order chi connectivity index (χ0) is 21.0. The highest BCUT2D eigenvalue weighted by molar-refractivity contribution is 7.94. The van der Waals surface area contributed by atoms with Gasteiger partial charge in [-0.25, -0.2) is 8.42 Å². The van der Waals surface area contributed by atoms with Gasteiger partial charge < -0.3 is 10.4 Å². The third kappa shape index (κ3) is 3.31. The number of anilines is 1. The number of para-hydroxylation sites is 1. The molecule has 0 aliphatic heterocycles. The number of aliphatic carboxylic acids is 1. The number of carbonyl (C=O) groups is 2. The van der Waals surface area contributed by atoms with Crippen molar-refractivity contribution in [3.63, 3.8) is 0 Å². The summed E-state index contributed by atoms with van der Waals surface area (Å²) in [6, 6.07) is 8.34. The van der Waals surface area contributed by atoms with Crippen molar-refractivity contribution >= 4 is 27.6 Å². The van der Waals surface area contributed by atoms with Crippen LogP contribution in [0, 0.1) is 23.2 Å². The Kier molecular flexibility index (Phi) is 4.68. The van der Waals surface area contributed by atoms with Gasteiger partial charge in [-0.3, -0.25) is 14.3 Å². The quantitative estimate of drug-likeness (QED) is 0.655. The molecule has 3 N–H and O–H groups in total. The summed E-state index contributed by atoms with van der Waals surface area (Å²) in [5.74, 6) is -0.670. The van der Waals surface area contributed by atoms with E-state index < -0.39 is 32.1 Å². The Balaban J connectivity index is 1.50. The second-order valence-corrected chi connectivity index (χ2v) is 11.8. The van der Waals surface area contributed by atoms with Crippen molar-refractivity contribution in [2.75, 3.05) is 4.72 Å². The van der Waals surface area contributed by atoms with Gasteiger partial charge in [-0.05, 0) is 75.8 Å². The van der Waals surface area contributed by atoms with Crippen LogP contribution in [-0.2, 0) is 19.6 Å². The Morgan fingerprint density at radius 2 is 1.66 bits per heavy atom. The number of carboxylic acids is 1. The SMILES string of the molecule is CC(C)(C(=O)NC1C2CC3CC1CC(C(=O)O)(C3)C2)S(=O)(=O)Nc1ccccc1. The van der Waals surface area contributed by atoms with E-state index >= 15 is 0 Å². The molecule has 0 saturated heterocycles. The summed E-state index contributed by atoms with van der Waals surface area (Å²) in [6.45, 7) is 2.81. The van der Waals surface area contributed by atoms with Crippen LogP contribution < -0.4 is 10.0 Å². The topological polar surface area (TPSA) is 113 Å². The number of sulfonamides is 1. The van der Waals surface area contributed by atoms with Crippen LogP contribution >= 0.6 is 0 Å². The molecular weight excluding hydrogens is 392 g/mol. The Morgan fingerprint density at radius 3 is 2.21 bits per heavy atom. The minimum Gasteiger partial charge on any atom is -0.481 e. The summed E-state index contributed by atoms with van der Waals surface area (Å²) in [5.41, 5.74) is -0.250. The van der Waals surface area contributed by atoms with E-state index in [-0.39, 0.29) is 17.9 Å². The highest BCUT2D eigenvalue weighted by Gasteiger charge is 2.59. The van der Waals surface area contributed by atoms with Crippen LogP contribution in [0.15, 0.2) is 30.3 Å². The third-order valence-electron chi connectivity index (χ3n) is 7.27. The van der Waals surface area contributed by atoms with E-state index in [1.54, 1.807) is 30.3 Å². The highest BCUT2D eigenvalue weighted by Crippen LogP contribution is 2.60. The van der Waals surface area contributed by atoms with Crippen LogP contribution in [-0.4, -0.2) is 36.2 Å². The summed E-state index contributed by atoms with van der Waals surface area (Å²) in [7, 11) is -3.97. The maximum atomic E-state index is 13.1.